The molecule has 1 amide bonds. The molecule has 1 aromatic rings. The van der Waals surface area contributed by atoms with Crippen molar-refractivity contribution < 1.29 is 9.72 Å². The van der Waals surface area contributed by atoms with E-state index in [0.717, 1.165) is 5.56 Å². The van der Waals surface area contributed by atoms with Gasteiger partial charge in [-0.25, -0.2) is 0 Å². The van der Waals surface area contributed by atoms with Crippen molar-refractivity contribution >= 4 is 23.4 Å². The third-order valence-electron chi connectivity index (χ3n) is 3.33. The molecule has 1 heterocycles. The van der Waals surface area contributed by atoms with Gasteiger partial charge in [0.15, 0.2) is 0 Å². The molecule has 0 spiro atoms. The fourth-order valence-electron chi connectivity index (χ4n) is 2.20. The first-order valence-corrected chi connectivity index (χ1v) is 7.61. The van der Waals surface area contributed by atoms with E-state index in [4.69, 9.17) is 0 Å². The number of thioether (sulfide) groups is 1. The number of hydrogen-bond donors (Lipinski definition) is 1. The van der Waals surface area contributed by atoms with Gasteiger partial charge in [-0.1, -0.05) is 19.1 Å². The van der Waals surface area contributed by atoms with Crippen LogP contribution in [0.25, 0.3) is 0 Å². The maximum Gasteiger partial charge on any atom is 0.269 e. The minimum absolute atomic E-state index is 0.0300. The fraction of sp³-hybridized carbons (Fsp3) is 0.462. The smallest absolute Gasteiger partial charge is 0.269 e. The Bertz CT molecular complexity index is 523. The maximum atomic E-state index is 11.9. The van der Waals surface area contributed by atoms with Crippen LogP contribution >= 0.6 is 11.8 Å². The lowest BCUT2D eigenvalue weighted by molar-refractivity contribution is -0.385. The second-order valence-electron chi connectivity index (χ2n) is 4.73. The van der Waals surface area contributed by atoms with Gasteiger partial charge in [0.2, 0.25) is 5.91 Å². The standard InChI is InChI=1S/C13H17N3O3S/c1-9(20-2)8-15-12(17)7-14-13(15)10-4-3-5-11(6-10)16(18)19/h3-6,9,13-14H,7-8H2,1-2H3. The summed E-state index contributed by atoms with van der Waals surface area (Å²) in [5.74, 6) is 0.0300. The molecule has 0 aliphatic carbocycles. The van der Waals surface area contributed by atoms with Crippen LogP contribution in [-0.2, 0) is 4.79 Å². The zero-order valence-electron chi connectivity index (χ0n) is 11.4. The minimum atomic E-state index is -0.421. The van der Waals surface area contributed by atoms with Crippen LogP contribution in [0.15, 0.2) is 24.3 Å². The van der Waals surface area contributed by atoms with E-state index in [1.165, 1.54) is 12.1 Å². The molecule has 1 N–H and O–H groups in total. The SMILES string of the molecule is CSC(C)CN1C(=O)CNC1c1cccc([N+](=O)[O-])c1. The van der Waals surface area contributed by atoms with Crippen LogP contribution in [0.4, 0.5) is 5.69 Å². The van der Waals surface area contributed by atoms with Gasteiger partial charge in [0.25, 0.3) is 5.69 Å². The molecule has 0 bridgehead atoms. The third kappa shape index (κ3) is 3.10. The molecule has 0 aromatic heterocycles. The van der Waals surface area contributed by atoms with Crippen molar-refractivity contribution in [2.45, 2.75) is 18.3 Å². The molecule has 6 nitrogen and oxygen atoms in total. The van der Waals surface area contributed by atoms with E-state index < -0.39 is 4.92 Å². The Kier molecular flexibility index (Phi) is 4.61. The molecule has 0 radical (unpaired) electrons. The Balaban J connectivity index is 2.23. The Morgan fingerprint density at radius 1 is 1.60 bits per heavy atom. The number of non-ortho nitro benzene ring substituents is 1. The summed E-state index contributed by atoms with van der Waals surface area (Å²) in [6.07, 6.45) is 1.72. The molecular formula is C13H17N3O3S. The van der Waals surface area contributed by atoms with Crippen LogP contribution in [0.2, 0.25) is 0 Å². The first kappa shape index (κ1) is 14.8. The Morgan fingerprint density at radius 2 is 2.35 bits per heavy atom. The lowest BCUT2D eigenvalue weighted by Crippen LogP contribution is -2.35. The zero-order valence-corrected chi connectivity index (χ0v) is 12.2. The van der Waals surface area contributed by atoms with Crippen LogP contribution in [0, 0.1) is 10.1 Å². The quantitative estimate of drug-likeness (QED) is 0.662. The van der Waals surface area contributed by atoms with Crippen LogP contribution in [0.5, 0.6) is 0 Å². The number of rotatable bonds is 5. The number of carbonyl (C=O) groups is 1. The van der Waals surface area contributed by atoms with E-state index in [2.05, 4.69) is 12.2 Å². The van der Waals surface area contributed by atoms with Gasteiger partial charge in [0.05, 0.1) is 11.5 Å². The number of nitrogens with zero attached hydrogens (tertiary/aromatic N) is 2. The average molecular weight is 295 g/mol. The largest absolute Gasteiger partial charge is 0.321 e. The van der Waals surface area contributed by atoms with Gasteiger partial charge < -0.3 is 4.90 Å². The lowest BCUT2D eigenvalue weighted by atomic mass is 10.1. The van der Waals surface area contributed by atoms with Crippen molar-refractivity contribution in [2.75, 3.05) is 19.3 Å². The monoisotopic (exact) mass is 295 g/mol. The molecule has 2 rings (SSSR count). The number of nitro benzene ring substituents is 1. The summed E-state index contributed by atoms with van der Waals surface area (Å²) in [6.45, 7) is 2.95. The zero-order chi connectivity index (χ0) is 14.7. The highest BCUT2D eigenvalue weighted by atomic mass is 32.2. The molecule has 2 atom stereocenters. The highest BCUT2D eigenvalue weighted by Gasteiger charge is 2.32. The van der Waals surface area contributed by atoms with Gasteiger partial charge in [-0.15, -0.1) is 0 Å². The van der Waals surface area contributed by atoms with E-state index >= 15 is 0 Å². The summed E-state index contributed by atoms with van der Waals surface area (Å²) in [5, 5.41) is 14.3. The van der Waals surface area contributed by atoms with Gasteiger partial charge in [-0.05, 0) is 11.8 Å². The molecule has 108 valence electrons. The average Bonchev–Trinajstić information content (AvgIpc) is 2.80. The predicted octanol–water partition coefficient (Wildman–Crippen LogP) is 1.78. The van der Waals surface area contributed by atoms with E-state index in [1.54, 1.807) is 28.8 Å². The van der Waals surface area contributed by atoms with Crippen molar-refractivity contribution in [2.24, 2.45) is 0 Å². The molecule has 2 unspecified atom stereocenters. The number of benzene rings is 1. The van der Waals surface area contributed by atoms with E-state index in [1.807, 2.05) is 6.26 Å². The Labute approximate surface area is 121 Å². The van der Waals surface area contributed by atoms with Crippen molar-refractivity contribution in [3.05, 3.63) is 39.9 Å². The molecule has 7 heteroatoms. The van der Waals surface area contributed by atoms with Crippen molar-refractivity contribution in [1.82, 2.24) is 10.2 Å². The second-order valence-corrected chi connectivity index (χ2v) is 6.00. The predicted molar refractivity (Wildman–Crippen MR) is 78.5 cm³/mol. The van der Waals surface area contributed by atoms with E-state index in [9.17, 15) is 14.9 Å². The number of nitro groups is 1. The molecule has 1 aromatic carbocycles. The first-order valence-electron chi connectivity index (χ1n) is 6.33. The summed E-state index contributed by atoms with van der Waals surface area (Å²) < 4.78 is 0. The summed E-state index contributed by atoms with van der Waals surface area (Å²) in [7, 11) is 0. The van der Waals surface area contributed by atoms with Crippen LogP contribution in [0.3, 0.4) is 0 Å². The number of hydrogen-bond acceptors (Lipinski definition) is 5. The van der Waals surface area contributed by atoms with Gasteiger partial charge in [0, 0.05) is 23.9 Å². The van der Waals surface area contributed by atoms with Crippen LogP contribution < -0.4 is 5.32 Å². The molecular weight excluding hydrogens is 278 g/mol. The molecule has 1 fully saturated rings. The maximum absolute atomic E-state index is 11.9. The van der Waals surface area contributed by atoms with E-state index in [0.29, 0.717) is 11.8 Å². The molecule has 20 heavy (non-hydrogen) atoms. The number of nitrogens with one attached hydrogen (secondary N) is 1. The van der Waals surface area contributed by atoms with Gasteiger partial charge in [-0.3, -0.25) is 20.2 Å². The van der Waals surface area contributed by atoms with Crippen LogP contribution in [-0.4, -0.2) is 40.3 Å². The second kappa shape index (κ2) is 6.23. The van der Waals surface area contributed by atoms with Gasteiger partial charge in [0.1, 0.15) is 6.17 Å². The fourth-order valence-corrected chi connectivity index (χ4v) is 2.51. The number of carbonyl (C=O) groups excluding carboxylic acids is 1. The van der Waals surface area contributed by atoms with Crippen molar-refractivity contribution in [1.29, 1.82) is 0 Å². The summed E-state index contributed by atoms with van der Waals surface area (Å²) in [5.41, 5.74) is 0.792. The minimum Gasteiger partial charge on any atom is -0.321 e. The normalized spacial score (nSPS) is 20.2. The van der Waals surface area contributed by atoms with Crippen LogP contribution in [0.1, 0.15) is 18.7 Å². The highest BCUT2D eigenvalue weighted by Crippen LogP contribution is 2.26. The van der Waals surface area contributed by atoms with Gasteiger partial charge in [-0.2, -0.15) is 11.8 Å². The topological polar surface area (TPSA) is 75.5 Å². The third-order valence-corrected chi connectivity index (χ3v) is 4.29. The van der Waals surface area contributed by atoms with Crippen molar-refractivity contribution in [3.63, 3.8) is 0 Å². The van der Waals surface area contributed by atoms with Crippen molar-refractivity contribution in [3.8, 4) is 0 Å². The Morgan fingerprint density at radius 3 is 3.00 bits per heavy atom. The molecule has 1 saturated heterocycles. The number of amides is 1. The Hall–Kier alpha value is -1.60. The highest BCUT2D eigenvalue weighted by molar-refractivity contribution is 7.99. The molecule has 0 saturated carbocycles. The summed E-state index contributed by atoms with van der Waals surface area (Å²) in [6, 6.07) is 6.43. The first-order chi connectivity index (χ1) is 9.52. The van der Waals surface area contributed by atoms with E-state index in [-0.39, 0.29) is 24.3 Å². The van der Waals surface area contributed by atoms with Gasteiger partial charge >= 0.3 is 0 Å². The lowest BCUT2D eigenvalue weighted by Gasteiger charge is -2.26. The molecule has 1 aliphatic rings. The molecule has 1 aliphatic heterocycles. The summed E-state index contributed by atoms with van der Waals surface area (Å²) in [4.78, 5) is 24.1. The summed E-state index contributed by atoms with van der Waals surface area (Å²) >= 11 is 1.69.